The quantitative estimate of drug-likeness (QED) is 0.0490. The van der Waals surface area contributed by atoms with E-state index in [9.17, 15) is 0 Å². The van der Waals surface area contributed by atoms with Crippen molar-refractivity contribution in [2.75, 3.05) is 0 Å². The van der Waals surface area contributed by atoms with Gasteiger partial charge in [-0.3, -0.25) is 0 Å². The highest BCUT2D eigenvalue weighted by molar-refractivity contribution is 6.01. The molecule has 5 aromatic heterocycles. The van der Waals surface area contributed by atoms with Crippen molar-refractivity contribution in [3.05, 3.63) is 453 Å². The van der Waals surface area contributed by atoms with Gasteiger partial charge in [-0.05, 0) is 75.3 Å². The molecule has 0 amide bonds. The number of aromatic nitrogens is 15. The van der Waals surface area contributed by atoms with Crippen LogP contribution in [0.15, 0.2) is 381 Å². The lowest BCUT2D eigenvalue weighted by molar-refractivity contribution is 0.653. The van der Waals surface area contributed by atoms with Crippen molar-refractivity contribution in [3.63, 3.8) is 0 Å². The molecule has 18 nitrogen and oxygen atoms in total. The molecule has 18 heteroatoms. The Bertz CT molecular complexity index is 6960. The standard InChI is InChI=1S/2C30H22N6.C23H15N3.C16H8.C7H7N3/c1-3-11-21(12-4-1)19-35-29-25-17-9-7-15-23(25)28-30(26-18-10-8-16-24(26)27(29)31-33-35)36(34-32-28)20-22-13-5-2-6-14-22;1-3-11-21(12-4-1)19-35-29-25-17-9-10-18-26(25)30-28(24-16-8-7-15-23(24)27(29)31-33-35)32-34-36(30)20-22-13-5-2-6-14-22;1-2-8-17(9-3-1)16-26-23-21-13-7-5-11-19(21)15-14-18-10-4-6-12-20(18)22(23)24-25-26;1-2-6-14-11-12-16-8-4-3-7-15(16)10-9-13(14)5-1;8-10-9-6-7-4-2-1-3-5-7/h2*1-18H,19-20H2;1-13H,16H2;1-8H;1-5H,6H2. The summed E-state index contributed by atoms with van der Waals surface area (Å²) in [6.07, 6.45) is 0. The van der Waals surface area contributed by atoms with Crippen LogP contribution in [-0.4, -0.2) is 75.0 Å². The summed E-state index contributed by atoms with van der Waals surface area (Å²) in [5.74, 6) is 19.3. The van der Waals surface area contributed by atoms with Crippen molar-refractivity contribution >= 4 is 0 Å². The molecule has 4 aliphatic rings. The summed E-state index contributed by atoms with van der Waals surface area (Å²) in [4.78, 5) is 2.66. The summed E-state index contributed by atoms with van der Waals surface area (Å²) < 4.78 is 10.00. The van der Waals surface area contributed by atoms with E-state index >= 15 is 0 Å². The first kappa shape index (κ1) is 76.7. The number of hydrogen-bond donors (Lipinski definition) is 0. The maximum atomic E-state index is 7.99. The van der Waals surface area contributed by atoms with Crippen LogP contribution in [0.1, 0.15) is 66.8 Å². The van der Waals surface area contributed by atoms with Gasteiger partial charge in [-0.1, -0.05) is 406 Å². The lowest BCUT2D eigenvalue weighted by Gasteiger charge is -2.19. The van der Waals surface area contributed by atoms with Crippen molar-refractivity contribution in [3.8, 4) is 148 Å². The van der Waals surface area contributed by atoms with E-state index in [1.54, 1.807) is 0 Å². The number of rotatable bonds is 12. The Kier molecular flexibility index (Phi) is 22.2. The fourth-order valence-electron chi connectivity index (χ4n) is 15.8. The van der Waals surface area contributed by atoms with E-state index in [1.807, 2.05) is 187 Å². The van der Waals surface area contributed by atoms with Gasteiger partial charge in [-0.25, -0.2) is 23.4 Å². The molecular weight excluding hydrogens is 1530 g/mol. The Morgan fingerprint density at radius 3 is 0.669 bits per heavy atom. The van der Waals surface area contributed by atoms with Gasteiger partial charge in [0.05, 0.1) is 67.7 Å². The molecule has 0 fully saturated rings. The fourth-order valence-corrected chi connectivity index (χ4v) is 15.8. The van der Waals surface area contributed by atoms with Crippen molar-refractivity contribution in [1.29, 1.82) is 0 Å². The minimum atomic E-state index is 0.442. The first-order valence-corrected chi connectivity index (χ1v) is 40.7. The third-order valence-electron chi connectivity index (χ3n) is 21.7. The zero-order valence-corrected chi connectivity index (χ0v) is 67.1. The van der Waals surface area contributed by atoms with Crippen LogP contribution in [-0.2, 0) is 39.3 Å². The summed E-state index contributed by atoms with van der Waals surface area (Å²) in [5.41, 5.74) is 40.7. The van der Waals surface area contributed by atoms with E-state index in [-0.39, 0.29) is 0 Å². The van der Waals surface area contributed by atoms with Gasteiger partial charge in [0.25, 0.3) is 0 Å². The van der Waals surface area contributed by atoms with Crippen LogP contribution in [0.2, 0.25) is 0 Å². The third-order valence-corrected chi connectivity index (χ3v) is 21.7. The van der Waals surface area contributed by atoms with Gasteiger partial charge in [0, 0.05) is 93.9 Å². The molecule has 0 saturated heterocycles. The largest absolute Gasteiger partial charge is 0.240 e. The molecule has 23 rings (SSSR count). The Labute approximate surface area is 716 Å². The summed E-state index contributed by atoms with van der Waals surface area (Å²) in [6.45, 7) is 3.65. The van der Waals surface area contributed by atoms with E-state index < -0.39 is 0 Å². The molecule has 0 N–H and O–H groups in total. The van der Waals surface area contributed by atoms with Crippen LogP contribution >= 0.6 is 0 Å². The van der Waals surface area contributed by atoms with E-state index in [0.29, 0.717) is 39.3 Å². The van der Waals surface area contributed by atoms with Crippen LogP contribution < -0.4 is 0 Å². The number of nitrogens with zero attached hydrogens (tertiary/aromatic N) is 18. The molecule has 19 aromatic rings. The molecule has 0 unspecified atom stereocenters. The molecule has 0 aliphatic heterocycles. The highest BCUT2D eigenvalue weighted by Gasteiger charge is 2.33. The maximum Gasteiger partial charge on any atom is 0.122 e. The Balaban J connectivity index is 0.000000108. The first-order chi connectivity index (χ1) is 61.5. The lowest BCUT2D eigenvalue weighted by Crippen LogP contribution is -2.08. The van der Waals surface area contributed by atoms with Gasteiger partial charge in [-0.2, -0.15) is 0 Å². The van der Waals surface area contributed by atoms with Gasteiger partial charge in [0.2, 0.25) is 0 Å². The average molecular weight is 1600 g/mol. The predicted octanol–water partition coefficient (Wildman–Crippen LogP) is 21.6. The summed E-state index contributed by atoms with van der Waals surface area (Å²) in [7, 11) is 0. The van der Waals surface area contributed by atoms with E-state index in [1.165, 1.54) is 27.8 Å². The molecular formula is C106H74N18. The molecule has 588 valence electrons. The van der Waals surface area contributed by atoms with E-state index in [2.05, 4.69) is 289 Å². The monoisotopic (exact) mass is 1600 g/mol. The van der Waals surface area contributed by atoms with Gasteiger partial charge in [-0.15, -0.1) is 25.5 Å². The normalized spacial score (nSPS) is 11.1. The second-order valence-electron chi connectivity index (χ2n) is 29.6. The number of hydrogen-bond acceptors (Lipinski definition) is 11. The minimum absolute atomic E-state index is 0.442. The Morgan fingerprint density at radius 1 is 0.202 bits per heavy atom. The maximum absolute atomic E-state index is 7.99. The highest BCUT2D eigenvalue weighted by atomic mass is 15.5. The summed E-state index contributed by atoms with van der Waals surface area (Å²) >= 11 is 0. The van der Waals surface area contributed by atoms with Crippen LogP contribution in [0.4, 0.5) is 0 Å². The summed E-state index contributed by atoms with van der Waals surface area (Å²) in [5, 5.41) is 49.8. The second-order valence-corrected chi connectivity index (χ2v) is 29.6. The molecule has 4 aliphatic carbocycles. The molecule has 14 aromatic carbocycles. The lowest BCUT2D eigenvalue weighted by atomic mass is 9.89. The van der Waals surface area contributed by atoms with Crippen molar-refractivity contribution in [2.24, 2.45) is 5.11 Å². The number of benzene rings is 14. The SMILES string of the molecule is C1#Cc2ccccc2-c2c(nnn2Cc2ccccc2)-c2ccccc21.C1#Cc2ccccc2C#Cc2ccccc21.[N-]=[N+]=NCc1ccccc1.c1ccc(Cn2nnc3c2-c2ccccc2-c2c(nnn2Cc2ccccc2)-c2ccccc2-3)cc1.c1ccc(Cn2nnc3c2-c2ccccc2-c2nnn(Cc4ccccc4)c2-c2ccccc2-3)cc1. The van der Waals surface area contributed by atoms with Gasteiger partial charge in [0.1, 0.15) is 28.5 Å². The number of fused-ring (bicyclic) bond motifs is 23. The van der Waals surface area contributed by atoms with Crippen LogP contribution in [0.5, 0.6) is 0 Å². The zero-order chi connectivity index (χ0) is 83.2. The molecule has 0 radical (unpaired) electrons. The first-order valence-electron chi connectivity index (χ1n) is 40.7. The van der Waals surface area contributed by atoms with Gasteiger partial charge < -0.3 is 0 Å². The predicted molar refractivity (Wildman–Crippen MR) is 487 cm³/mol. The Hall–Kier alpha value is -17.2. The second kappa shape index (κ2) is 35.9. The van der Waals surface area contributed by atoms with Gasteiger partial charge >= 0.3 is 0 Å². The van der Waals surface area contributed by atoms with E-state index in [0.717, 1.165) is 152 Å². The Morgan fingerprint density at radius 2 is 0.387 bits per heavy atom. The smallest absolute Gasteiger partial charge is 0.122 e. The average Bonchev–Trinajstić information content (AvgIpc) is 1.57. The van der Waals surface area contributed by atoms with Crippen molar-refractivity contribution < 1.29 is 0 Å². The zero-order valence-electron chi connectivity index (χ0n) is 67.1. The molecule has 124 heavy (non-hydrogen) atoms. The van der Waals surface area contributed by atoms with Crippen molar-refractivity contribution in [1.82, 2.24) is 75.0 Å². The van der Waals surface area contributed by atoms with Crippen LogP contribution in [0.3, 0.4) is 0 Å². The van der Waals surface area contributed by atoms with Gasteiger partial charge in [0.15, 0.2) is 0 Å². The van der Waals surface area contributed by atoms with E-state index in [4.69, 9.17) is 25.9 Å². The minimum Gasteiger partial charge on any atom is -0.240 e. The highest BCUT2D eigenvalue weighted by Crippen LogP contribution is 2.49. The third kappa shape index (κ3) is 16.3. The van der Waals surface area contributed by atoms with Crippen LogP contribution in [0.25, 0.3) is 123 Å². The molecule has 0 saturated carbocycles. The molecule has 0 atom stereocenters. The fraction of sp³-hybridized carbons (Fsp3) is 0.0566. The topological polar surface area (TPSA) is 202 Å². The summed E-state index contributed by atoms with van der Waals surface area (Å²) in [6, 6.07) is 127. The molecule has 0 spiro atoms. The molecule has 0 bridgehead atoms. The van der Waals surface area contributed by atoms with Crippen molar-refractivity contribution in [2.45, 2.75) is 39.3 Å². The number of azide groups is 1. The molecule has 5 heterocycles. The van der Waals surface area contributed by atoms with Crippen LogP contribution in [0, 0.1) is 35.5 Å².